The van der Waals surface area contributed by atoms with Gasteiger partial charge in [0.25, 0.3) is 5.91 Å². The van der Waals surface area contributed by atoms with E-state index in [1.54, 1.807) is 23.5 Å². The van der Waals surface area contributed by atoms with E-state index < -0.39 is 5.97 Å². The van der Waals surface area contributed by atoms with Gasteiger partial charge in [-0.1, -0.05) is 6.07 Å². The molecule has 26 heavy (non-hydrogen) atoms. The molecular weight excluding hydrogens is 348 g/mol. The number of amides is 1. The van der Waals surface area contributed by atoms with Crippen LogP contribution in [0, 0.1) is 13.8 Å². The van der Waals surface area contributed by atoms with Gasteiger partial charge in [0.15, 0.2) is 6.61 Å². The molecule has 0 aliphatic heterocycles. The molecule has 1 amide bonds. The van der Waals surface area contributed by atoms with Crippen LogP contribution >= 0.6 is 11.3 Å². The van der Waals surface area contributed by atoms with Crippen molar-refractivity contribution in [2.75, 3.05) is 6.61 Å². The van der Waals surface area contributed by atoms with Gasteiger partial charge in [0.2, 0.25) is 0 Å². The highest BCUT2D eigenvalue weighted by atomic mass is 32.1. The van der Waals surface area contributed by atoms with Crippen molar-refractivity contribution in [1.82, 2.24) is 9.88 Å². The molecule has 2 aromatic heterocycles. The first kappa shape index (κ1) is 17.9. The molecule has 0 saturated heterocycles. The summed E-state index contributed by atoms with van der Waals surface area (Å²) in [6.07, 6.45) is 0. The minimum Gasteiger partial charge on any atom is -0.452 e. The zero-order valence-corrected chi connectivity index (χ0v) is 15.5. The second kappa shape index (κ2) is 8.01. The van der Waals surface area contributed by atoms with E-state index in [9.17, 15) is 9.59 Å². The minimum atomic E-state index is -0.510. The van der Waals surface area contributed by atoms with Crippen LogP contribution in [0.3, 0.4) is 0 Å². The lowest BCUT2D eigenvalue weighted by atomic mass is 10.2. The first-order valence-electron chi connectivity index (χ1n) is 8.26. The zero-order valence-electron chi connectivity index (χ0n) is 14.7. The molecule has 2 heterocycles. The van der Waals surface area contributed by atoms with Crippen molar-refractivity contribution in [3.05, 3.63) is 75.7 Å². The van der Waals surface area contributed by atoms with Crippen molar-refractivity contribution < 1.29 is 14.3 Å². The van der Waals surface area contributed by atoms with Gasteiger partial charge >= 0.3 is 5.97 Å². The highest BCUT2D eigenvalue weighted by Crippen LogP contribution is 2.17. The Balaban J connectivity index is 1.54. The third kappa shape index (κ3) is 4.21. The normalized spacial score (nSPS) is 10.5. The van der Waals surface area contributed by atoms with Gasteiger partial charge in [-0.05, 0) is 61.7 Å². The molecule has 3 aromatic rings. The van der Waals surface area contributed by atoms with Crippen molar-refractivity contribution in [1.29, 1.82) is 0 Å². The van der Waals surface area contributed by atoms with Gasteiger partial charge in [0.05, 0.1) is 12.1 Å². The van der Waals surface area contributed by atoms with Gasteiger partial charge in [-0.2, -0.15) is 0 Å². The molecule has 0 unspecified atom stereocenters. The number of benzene rings is 1. The van der Waals surface area contributed by atoms with Crippen LogP contribution in [-0.2, 0) is 16.1 Å². The van der Waals surface area contributed by atoms with Crippen LogP contribution in [0.25, 0.3) is 5.69 Å². The summed E-state index contributed by atoms with van der Waals surface area (Å²) in [7, 11) is 0. The van der Waals surface area contributed by atoms with Crippen LogP contribution in [0.2, 0.25) is 0 Å². The maximum atomic E-state index is 12.1. The van der Waals surface area contributed by atoms with Gasteiger partial charge in [-0.15, -0.1) is 11.3 Å². The lowest BCUT2D eigenvalue weighted by Gasteiger charge is -2.10. The summed E-state index contributed by atoms with van der Waals surface area (Å²) in [5.41, 5.74) is 3.65. The smallest absolute Gasteiger partial charge is 0.338 e. The number of ether oxygens (including phenoxy) is 1. The standard InChI is InChI=1S/C20H20N2O3S/c1-14-5-6-15(2)22(14)17-9-7-16(8-10-17)20(24)25-13-19(23)21-12-18-4-3-11-26-18/h3-11H,12-13H2,1-2H3,(H,21,23). The van der Waals surface area contributed by atoms with E-state index in [1.165, 1.54) is 0 Å². The monoisotopic (exact) mass is 368 g/mol. The molecular formula is C20H20N2O3S. The Hall–Kier alpha value is -2.86. The van der Waals surface area contributed by atoms with E-state index >= 15 is 0 Å². The second-order valence-electron chi connectivity index (χ2n) is 5.93. The van der Waals surface area contributed by atoms with E-state index in [0.717, 1.165) is 22.0 Å². The van der Waals surface area contributed by atoms with Crippen LogP contribution in [0.15, 0.2) is 53.9 Å². The van der Waals surface area contributed by atoms with Gasteiger partial charge in [0, 0.05) is 22.0 Å². The molecule has 0 bridgehead atoms. The maximum absolute atomic E-state index is 12.1. The van der Waals surface area contributed by atoms with Crippen LogP contribution in [0.5, 0.6) is 0 Å². The first-order chi connectivity index (χ1) is 12.5. The number of aryl methyl sites for hydroxylation is 2. The molecule has 0 fully saturated rings. The molecule has 3 rings (SSSR count). The molecule has 0 radical (unpaired) electrons. The van der Waals surface area contributed by atoms with Crippen molar-refractivity contribution in [3.8, 4) is 5.69 Å². The van der Waals surface area contributed by atoms with Crippen molar-refractivity contribution in [3.63, 3.8) is 0 Å². The fraction of sp³-hybridized carbons (Fsp3) is 0.200. The highest BCUT2D eigenvalue weighted by Gasteiger charge is 2.11. The lowest BCUT2D eigenvalue weighted by Crippen LogP contribution is -2.28. The largest absolute Gasteiger partial charge is 0.452 e. The minimum absolute atomic E-state index is 0.290. The third-order valence-corrected chi connectivity index (χ3v) is 4.88. The van der Waals surface area contributed by atoms with Crippen molar-refractivity contribution in [2.24, 2.45) is 0 Å². The number of carbonyl (C=O) groups excluding carboxylic acids is 2. The molecule has 134 valence electrons. The second-order valence-corrected chi connectivity index (χ2v) is 6.96. The molecule has 6 heteroatoms. The Morgan fingerprint density at radius 1 is 1.04 bits per heavy atom. The molecule has 0 saturated carbocycles. The van der Waals surface area contributed by atoms with Gasteiger partial charge in [0.1, 0.15) is 0 Å². The molecule has 0 aliphatic rings. The van der Waals surface area contributed by atoms with Crippen LogP contribution in [0.1, 0.15) is 26.6 Å². The quantitative estimate of drug-likeness (QED) is 0.676. The number of aromatic nitrogens is 1. The number of hydrogen-bond acceptors (Lipinski definition) is 4. The number of esters is 1. The Kier molecular flexibility index (Phi) is 5.53. The Morgan fingerprint density at radius 3 is 2.35 bits per heavy atom. The number of nitrogens with zero attached hydrogens (tertiary/aromatic N) is 1. The molecule has 0 aliphatic carbocycles. The van der Waals surface area contributed by atoms with Crippen molar-refractivity contribution in [2.45, 2.75) is 20.4 Å². The Bertz CT molecular complexity index is 876. The van der Waals surface area contributed by atoms with E-state index in [4.69, 9.17) is 4.74 Å². The Morgan fingerprint density at radius 2 is 1.73 bits per heavy atom. The number of hydrogen-bond donors (Lipinski definition) is 1. The zero-order chi connectivity index (χ0) is 18.5. The maximum Gasteiger partial charge on any atom is 0.338 e. The predicted octanol–water partition coefficient (Wildman–Crippen LogP) is 3.63. The SMILES string of the molecule is Cc1ccc(C)n1-c1ccc(C(=O)OCC(=O)NCc2cccs2)cc1. The van der Waals surface area contributed by atoms with E-state index in [-0.39, 0.29) is 12.5 Å². The fourth-order valence-corrected chi connectivity index (χ4v) is 3.33. The van der Waals surface area contributed by atoms with Crippen LogP contribution in [0.4, 0.5) is 0 Å². The number of nitrogens with one attached hydrogen (secondary N) is 1. The number of rotatable bonds is 6. The summed E-state index contributed by atoms with van der Waals surface area (Å²) in [6, 6.07) is 15.1. The van der Waals surface area contributed by atoms with Crippen molar-refractivity contribution >= 4 is 23.2 Å². The summed E-state index contributed by atoms with van der Waals surface area (Å²) in [4.78, 5) is 24.9. The van der Waals surface area contributed by atoms with Gasteiger partial charge < -0.3 is 14.6 Å². The topological polar surface area (TPSA) is 60.3 Å². The summed E-state index contributed by atoms with van der Waals surface area (Å²) in [6.45, 7) is 4.22. The first-order valence-corrected chi connectivity index (χ1v) is 9.14. The van der Waals surface area contributed by atoms with Gasteiger partial charge in [-0.3, -0.25) is 4.79 Å². The summed E-state index contributed by atoms with van der Waals surface area (Å²) in [5, 5.41) is 4.67. The molecule has 0 atom stereocenters. The number of carbonyl (C=O) groups is 2. The predicted molar refractivity (Wildman–Crippen MR) is 102 cm³/mol. The molecule has 5 nitrogen and oxygen atoms in total. The highest BCUT2D eigenvalue weighted by molar-refractivity contribution is 7.09. The fourth-order valence-electron chi connectivity index (χ4n) is 2.69. The van der Waals surface area contributed by atoms with Crippen LogP contribution in [-0.4, -0.2) is 23.1 Å². The number of thiophene rings is 1. The average molecular weight is 368 g/mol. The van der Waals surface area contributed by atoms with E-state index in [0.29, 0.717) is 12.1 Å². The summed E-state index contributed by atoms with van der Waals surface area (Å²) >= 11 is 1.56. The molecule has 1 aromatic carbocycles. The molecule has 1 N–H and O–H groups in total. The third-order valence-electron chi connectivity index (χ3n) is 4.01. The Labute approximate surface area is 156 Å². The lowest BCUT2D eigenvalue weighted by molar-refractivity contribution is -0.124. The average Bonchev–Trinajstić information content (AvgIpc) is 3.28. The molecule has 0 spiro atoms. The summed E-state index contributed by atoms with van der Waals surface area (Å²) in [5.74, 6) is -0.828. The van der Waals surface area contributed by atoms with Crippen LogP contribution < -0.4 is 5.32 Å². The van der Waals surface area contributed by atoms with E-state index in [2.05, 4.69) is 9.88 Å². The van der Waals surface area contributed by atoms with Gasteiger partial charge in [-0.25, -0.2) is 4.79 Å². The van der Waals surface area contributed by atoms with E-state index in [1.807, 2.05) is 55.6 Å². The summed E-state index contributed by atoms with van der Waals surface area (Å²) < 4.78 is 7.19.